The smallest absolute Gasteiger partial charge is 0.338 e. The lowest BCUT2D eigenvalue weighted by Gasteiger charge is -2.25. The van der Waals surface area contributed by atoms with Crippen molar-refractivity contribution < 1.29 is 19.0 Å². The summed E-state index contributed by atoms with van der Waals surface area (Å²) in [5.41, 5.74) is 2.06. The normalized spacial score (nSPS) is 15.5. The van der Waals surface area contributed by atoms with E-state index in [0.29, 0.717) is 42.7 Å². The zero-order valence-electron chi connectivity index (χ0n) is 21.3. The average molecular weight is 559 g/mol. The first-order valence-electron chi connectivity index (χ1n) is 11.5. The number of nitrogens with zero attached hydrogens (tertiary/aromatic N) is 2. The number of hydrogen-bond acceptors (Lipinski definition) is 8. The Morgan fingerprint density at radius 1 is 1.19 bits per heavy atom. The van der Waals surface area contributed by atoms with Crippen molar-refractivity contribution in [3.8, 4) is 11.5 Å². The fraction of sp³-hybridized carbons (Fsp3) is 0.296. The average Bonchev–Trinajstić information content (AvgIpc) is 3.16. The fourth-order valence-electron chi connectivity index (χ4n) is 4.13. The van der Waals surface area contributed by atoms with Gasteiger partial charge in [0.05, 0.1) is 47.2 Å². The van der Waals surface area contributed by atoms with E-state index in [0.717, 1.165) is 10.5 Å². The molecule has 0 saturated heterocycles. The Labute approximate surface area is 228 Å². The van der Waals surface area contributed by atoms with Crippen LogP contribution in [0.4, 0.5) is 0 Å². The van der Waals surface area contributed by atoms with Gasteiger partial charge in [-0.25, -0.2) is 9.79 Å². The highest BCUT2D eigenvalue weighted by molar-refractivity contribution is 7.98. The van der Waals surface area contributed by atoms with Crippen molar-refractivity contribution in [2.24, 2.45) is 4.99 Å². The van der Waals surface area contributed by atoms with E-state index in [-0.39, 0.29) is 11.7 Å². The molecule has 4 rings (SSSR count). The fourth-order valence-corrected chi connectivity index (χ4v) is 5.89. The summed E-state index contributed by atoms with van der Waals surface area (Å²) in [5, 5.41) is 0.363. The molecule has 0 amide bonds. The number of allylic oxidation sites excluding steroid dienone is 1. The molecule has 1 aromatic heterocycles. The van der Waals surface area contributed by atoms with Gasteiger partial charge in [0.15, 0.2) is 16.3 Å². The lowest BCUT2D eigenvalue weighted by atomic mass is 9.96. The molecular formula is C27H27ClN2O5S2. The molecular weight excluding hydrogens is 532 g/mol. The van der Waals surface area contributed by atoms with E-state index in [9.17, 15) is 9.59 Å². The van der Waals surface area contributed by atoms with Crippen LogP contribution in [0.5, 0.6) is 11.5 Å². The summed E-state index contributed by atoms with van der Waals surface area (Å²) in [7, 11) is 3.03. The van der Waals surface area contributed by atoms with Crippen molar-refractivity contribution in [1.82, 2.24) is 4.57 Å². The SMILES string of the molecule is COc1cc(/C=c2\sc3n(c2=O)[C@@H](c2ccc(SC)cc2)C(C(=O)OC(C)C)=C(C)N=3)cc(Cl)c1OC. The number of rotatable bonds is 7. The molecule has 0 saturated carbocycles. The highest BCUT2D eigenvalue weighted by Crippen LogP contribution is 2.36. The molecule has 1 aliphatic rings. The number of aromatic nitrogens is 1. The number of benzene rings is 2. The second-order valence-corrected chi connectivity index (χ2v) is 10.8. The third-order valence-corrected chi connectivity index (χ3v) is 7.78. The highest BCUT2D eigenvalue weighted by atomic mass is 35.5. The van der Waals surface area contributed by atoms with Crippen LogP contribution in [-0.2, 0) is 9.53 Å². The van der Waals surface area contributed by atoms with Gasteiger partial charge in [0.1, 0.15) is 0 Å². The predicted octanol–water partition coefficient (Wildman–Crippen LogP) is 4.58. The van der Waals surface area contributed by atoms with E-state index in [1.165, 1.54) is 25.6 Å². The summed E-state index contributed by atoms with van der Waals surface area (Å²) in [6, 6.07) is 10.6. The third kappa shape index (κ3) is 5.35. The van der Waals surface area contributed by atoms with E-state index in [1.54, 1.807) is 55.3 Å². The minimum Gasteiger partial charge on any atom is -0.493 e. The topological polar surface area (TPSA) is 79.1 Å². The van der Waals surface area contributed by atoms with Gasteiger partial charge in [-0.1, -0.05) is 35.1 Å². The Morgan fingerprint density at radius 2 is 1.89 bits per heavy atom. The van der Waals surface area contributed by atoms with Gasteiger partial charge in [-0.2, -0.15) is 0 Å². The first kappa shape index (κ1) is 27.0. The van der Waals surface area contributed by atoms with Gasteiger partial charge in [0.2, 0.25) is 0 Å². The summed E-state index contributed by atoms with van der Waals surface area (Å²) in [6.07, 6.45) is 3.41. The number of ether oxygens (including phenoxy) is 3. The molecule has 194 valence electrons. The number of methoxy groups -OCH3 is 2. The second-order valence-electron chi connectivity index (χ2n) is 8.55. The number of fused-ring (bicyclic) bond motifs is 1. The molecule has 0 spiro atoms. The lowest BCUT2D eigenvalue weighted by molar-refractivity contribution is -0.143. The maximum absolute atomic E-state index is 13.8. The highest BCUT2D eigenvalue weighted by Gasteiger charge is 2.33. The zero-order chi connectivity index (χ0) is 26.9. The molecule has 0 unspecified atom stereocenters. The molecule has 10 heteroatoms. The number of carbonyl (C=O) groups excluding carboxylic acids is 1. The molecule has 1 atom stereocenters. The van der Waals surface area contributed by atoms with Crippen molar-refractivity contribution in [2.45, 2.75) is 37.8 Å². The Balaban J connectivity index is 1.93. The molecule has 37 heavy (non-hydrogen) atoms. The van der Waals surface area contributed by atoms with Crippen molar-refractivity contribution in [2.75, 3.05) is 20.5 Å². The molecule has 2 aromatic carbocycles. The minimum absolute atomic E-state index is 0.268. The van der Waals surface area contributed by atoms with Crippen LogP contribution < -0.4 is 24.4 Å². The summed E-state index contributed by atoms with van der Waals surface area (Å²) >= 11 is 9.24. The van der Waals surface area contributed by atoms with Crippen LogP contribution in [0.2, 0.25) is 5.02 Å². The number of hydrogen-bond donors (Lipinski definition) is 0. The first-order chi connectivity index (χ1) is 17.7. The molecule has 1 aliphatic heterocycles. The van der Waals surface area contributed by atoms with Gasteiger partial charge in [-0.3, -0.25) is 9.36 Å². The maximum atomic E-state index is 13.8. The van der Waals surface area contributed by atoms with Crippen molar-refractivity contribution in [1.29, 1.82) is 0 Å². The van der Waals surface area contributed by atoms with Gasteiger partial charge in [-0.15, -0.1) is 11.8 Å². The van der Waals surface area contributed by atoms with Gasteiger partial charge in [0, 0.05) is 4.90 Å². The summed E-state index contributed by atoms with van der Waals surface area (Å²) in [4.78, 5) is 33.2. The lowest BCUT2D eigenvalue weighted by Crippen LogP contribution is -2.40. The monoisotopic (exact) mass is 558 g/mol. The van der Waals surface area contributed by atoms with E-state index in [2.05, 4.69) is 4.99 Å². The van der Waals surface area contributed by atoms with Gasteiger partial charge < -0.3 is 14.2 Å². The molecule has 3 aromatic rings. The zero-order valence-corrected chi connectivity index (χ0v) is 23.7. The van der Waals surface area contributed by atoms with Crippen LogP contribution in [-0.4, -0.2) is 37.1 Å². The summed E-state index contributed by atoms with van der Waals surface area (Å²) < 4.78 is 18.3. The van der Waals surface area contributed by atoms with Crippen LogP contribution >= 0.6 is 34.7 Å². The van der Waals surface area contributed by atoms with Crippen LogP contribution in [0.15, 0.2) is 62.4 Å². The van der Waals surface area contributed by atoms with E-state index in [1.807, 2.05) is 30.5 Å². The number of thiazole rings is 1. The van der Waals surface area contributed by atoms with Crippen LogP contribution in [0, 0.1) is 0 Å². The van der Waals surface area contributed by atoms with Crippen molar-refractivity contribution in [3.05, 3.63) is 83.5 Å². The summed E-state index contributed by atoms with van der Waals surface area (Å²) in [6.45, 7) is 5.35. The second kappa shape index (κ2) is 11.2. The van der Waals surface area contributed by atoms with Gasteiger partial charge in [0.25, 0.3) is 5.56 Å². The number of halogens is 1. The van der Waals surface area contributed by atoms with E-state index < -0.39 is 12.0 Å². The molecule has 0 fully saturated rings. The largest absolute Gasteiger partial charge is 0.493 e. The number of carbonyl (C=O) groups is 1. The third-order valence-electron chi connectivity index (χ3n) is 5.77. The summed E-state index contributed by atoms with van der Waals surface area (Å²) in [5.74, 6) is 0.381. The van der Waals surface area contributed by atoms with Crippen molar-refractivity contribution >= 4 is 46.7 Å². The van der Waals surface area contributed by atoms with E-state index >= 15 is 0 Å². The molecule has 0 radical (unpaired) electrons. The van der Waals surface area contributed by atoms with Crippen LogP contribution in [0.3, 0.4) is 0 Å². The molecule has 2 heterocycles. The Kier molecular flexibility index (Phi) is 8.16. The molecule has 7 nitrogen and oxygen atoms in total. The van der Waals surface area contributed by atoms with Crippen LogP contribution in [0.1, 0.15) is 37.9 Å². The van der Waals surface area contributed by atoms with Crippen molar-refractivity contribution in [3.63, 3.8) is 0 Å². The first-order valence-corrected chi connectivity index (χ1v) is 13.9. The molecule has 0 N–H and O–H groups in total. The Hall–Kier alpha value is -3.01. The van der Waals surface area contributed by atoms with Gasteiger partial charge in [-0.05, 0) is 68.5 Å². The predicted molar refractivity (Wildman–Crippen MR) is 148 cm³/mol. The number of esters is 1. The molecule has 0 aliphatic carbocycles. The van der Waals surface area contributed by atoms with Gasteiger partial charge >= 0.3 is 5.97 Å². The Bertz CT molecular complexity index is 1560. The van der Waals surface area contributed by atoms with E-state index in [4.69, 9.17) is 25.8 Å². The maximum Gasteiger partial charge on any atom is 0.338 e. The standard InChI is InChI=1S/C27H27ClN2O5S2/c1-14(2)35-26(32)22-15(3)29-27-30(23(22)17-7-9-18(36-6)10-8-17)25(31)21(37-27)13-16-11-19(28)24(34-5)20(12-16)33-4/h7-14,23H,1-6H3/b21-13-/t23-/m0/s1. The van der Waals surface area contributed by atoms with Crippen LogP contribution in [0.25, 0.3) is 6.08 Å². The molecule has 0 bridgehead atoms. The quantitative estimate of drug-likeness (QED) is 0.312. The minimum atomic E-state index is -0.672. The Morgan fingerprint density at radius 3 is 2.49 bits per heavy atom. The number of thioether (sulfide) groups is 1.